The first-order valence-electron chi connectivity index (χ1n) is 10.8. The lowest BCUT2D eigenvalue weighted by atomic mass is 9.83. The number of halogens is 1. The molecule has 2 aliphatic rings. The molecule has 2 aromatic carbocycles. The predicted octanol–water partition coefficient (Wildman–Crippen LogP) is 5.73. The summed E-state index contributed by atoms with van der Waals surface area (Å²) in [6, 6.07) is 12.8. The molecule has 0 aliphatic carbocycles. The summed E-state index contributed by atoms with van der Waals surface area (Å²) in [5.41, 5.74) is 3.04. The first-order valence-corrected chi connectivity index (χ1v) is 11.2. The van der Waals surface area contributed by atoms with Gasteiger partial charge >= 0.3 is 0 Å². The van der Waals surface area contributed by atoms with Crippen LogP contribution in [0, 0.1) is 5.92 Å². The summed E-state index contributed by atoms with van der Waals surface area (Å²) in [6.07, 6.45) is 6.69. The lowest BCUT2D eigenvalue weighted by Crippen LogP contribution is -2.49. The van der Waals surface area contributed by atoms with E-state index in [9.17, 15) is 0 Å². The Hall–Kier alpha value is -2.04. The van der Waals surface area contributed by atoms with Gasteiger partial charge in [-0.05, 0) is 81.1 Å². The molecule has 0 spiro atoms. The summed E-state index contributed by atoms with van der Waals surface area (Å²) in [5.74, 6) is 1.55. The van der Waals surface area contributed by atoms with Crippen LogP contribution >= 0.6 is 11.6 Å². The highest BCUT2D eigenvalue weighted by Gasteiger charge is 2.32. The van der Waals surface area contributed by atoms with Crippen molar-refractivity contribution < 1.29 is 4.74 Å². The van der Waals surface area contributed by atoms with Crippen LogP contribution in [0.25, 0.3) is 21.8 Å². The van der Waals surface area contributed by atoms with E-state index in [0.29, 0.717) is 10.9 Å². The van der Waals surface area contributed by atoms with Crippen LogP contribution in [0.3, 0.4) is 0 Å². The van der Waals surface area contributed by atoms with Crippen molar-refractivity contribution in [1.82, 2.24) is 9.88 Å². The number of methoxy groups -OCH3 is 1. The first-order chi connectivity index (χ1) is 14.2. The van der Waals surface area contributed by atoms with Crippen LogP contribution in [0.5, 0.6) is 5.75 Å². The fourth-order valence-electron chi connectivity index (χ4n) is 5.26. The molecule has 2 atom stereocenters. The van der Waals surface area contributed by atoms with E-state index < -0.39 is 0 Å². The van der Waals surface area contributed by atoms with Gasteiger partial charge in [0.2, 0.25) is 0 Å². The minimum absolute atomic E-state index is 0.695. The van der Waals surface area contributed by atoms with Crippen LogP contribution in [0.15, 0.2) is 36.4 Å². The highest BCUT2D eigenvalue weighted by atomic mass is 35.5. The summed E-state index contributed by atoms with van der Waals surface area (Å²) in [5, 5.41) is 6.78. The smallest absolute Gasteiger partial charge is 0.119 e. The molecular formula is C24H28ClN3O. The van der Waals surface area contributed by atoms with Gasteiger partial charge in [-0.2, -0.15) is 0 Å². The van der Waals surface area contributed by atoms with Gasteiger partial charge in [0.05, 0.1) is 23.8 Å². The molecule has 2 aliphatic heterocycles. The molecular weight excluding hydrogens is 382 g/mol. The van der Waals surface area contributed by atoms with Crippen molar-refractivity contribution in [2.75, 3.05) is 32.1 Å². The van der Waals surface area contributed by atoms with Crippen molar-refractivity contribution >= 4 is 39.1 Å². The highest BCUT2D eigenvalue weighted by Crippen LogP contribution is 2.36. The molecule has 152 valence electrons. The average Bonchev–Trinajstić information content (AvgIpc) is 2.76. The standard InChI is InChI=1S/C24H28ClN3O/c1-29-18-8-10-21-20(14-18)24(19-9-7-17(25)13-22(19)27-21)26-15-16-5-4-12-28-11-3-2-6-23(16)28/h7-10,13-14,16,23H,2-6,11-12,15H2,1H3,(H,26,27)/t16-,23+/m0/s1. The molecule has 1 N–H and O–H groups in total. The van der Waals surface area contributed by atoms with Gasteiger partial charge < -0.3 is 15.0 Å². The molecule has 3 heterocycles. The second kappa shape index (κ2) is 8.00. The van der Waals surface area contributed by atoms with Crippen LogP contribution in [-0.4, -0.2) is 42.7 Å². The lowest BCUT2D eigenvalue weighted by Gasteiger charge is -2.44. The van der Waals surface area contributed by atoms with Gasteiger partial charge in [0.1, 0.15) is 5.75 Å². The van der Waals surface area contributed by atoms with E-state index in [-0.39, 0.29) is 0 Å². The van der Waals surface area contributed by atoms with E-state index in [0.717, 1.165) is 45.8 Å². The molecule has 29 heavy (non-hydrogen) atoms. The zero-order valence-electron chi connectivity index (χ0n) is 17.0. The number of anilines is 1. The van der Waals surface area contributed by atoms with Gasteiger partial charge in [-0.3, -0.25) is 0 Å². The zero-order valence-corrected chi connectivity index (χ0v) is 17.7. The number of fused-ring (bicyclic) bond motifs is 3. The minimum atomic E-state index is 0.695. The van der Waals surface area contributed by atoms with Crippen molar-refractivity contribution in [2.24, 2.45) is 5.92 Å². The third-order valence-corrected chi connectivity index (χ3v) is 6.95. The Morgan fingerprint density at radius 2 is 1.93 bits per heavy atom. The fraction of sp³-hybridized carbons (Fsp3) is 0.458. The van der Waals surface area contributed by atoms with Gasteiger partial charge in [-0.15, -0.1) is 0 Å². The zero-order chi connectivity index (χ0) is 19.8. The number of nitrogens with one attached hydrogen (secondary N) is 1. The summed E-state index contributed by atoms with van der Waals surface area (Å²) < 4.78 is 5.49. The second-order valence-corrected chi connectivity index (χ2v) is 8.85. The molecule has 0 amide bonds. The number of benzene rings is 2. The molecule has 0 unspecified atom stereocenters. The van der Waals surface area contributed by atoms with Crippen molar-refractivity contribution in [2.45, 2.75) is 38.1 Å². The number of rotatable bonds is 4. The second-order valence-electron chi connectivity index (χ2n) is 8.41. The Kier molecular flexibility index (Phi) is 5.23. The van der Waals surface area contributed by atoms with Crippen LogP contribution in [0.4, 0.5) is 5.69 Å². The highest BCUT2D eigenvalue weighted by molar-refractivity contribution is 6.31. The Labute approximate surface area is 177 Å². The van der Waals surface area contributed by atoms with Gasteiger partial charge in [-0.25, -0.2) is 4.98 Å². The Balaban J connectivity index is 1.53. The number of pyridine rings is 1. The largest absolute Gasteiger partial charge is 0.497 e. The number of piperidine rings is 2. The van der Waals surface area contributed by atoms with E-state index in [1.54, 1.807) is 7.11 Å². The van der Waals surface area contributed by atoms with E-state index >= 15 is 0 Å². The van der Waals surface area contributed by atoms with Crippen LogP contribution < -0.4 is 10.1 Å². The monoisotopic (exact) mass is 409 g/mol. The van der Waals surface area contributed by atoms with Gasteiger partial charge in [-0.1, -0.05) is 18.0 Å². The number of aromatic nitrogens is 1. The van der Waals surface area contributed by atoms with E-state index in [4.69, 9.17) is 21.3 Å². The van der Waals surface area contributed by atoms with Crippen LogP contribution in [-0.2, 0) is 0 Å². The Morgan fingerprint density at radius 3 is 2.83 bits per heavy atom. The molecule has 1 aromatic heterocycles. The molecule has 0 bridgehead atoms. The number of nitrogens with zero attached hydrogens (tertiary/aromatic N) is 2. The van der Waals surface area contributed by atoms with Crippen molar-refractivity contribution in [3.05, 3.63) is 41.4 Å². The van der Waals surface area contributed by atoms with Crippen molar-refractivity contribution in [3.8, 4) is 5.75 Å². The summed E-state index contributed by atoms with van der Waals surface area (Å²) >= 11 is 6.26. The van der Waals surface area contributed by atoms with Crippen molar-refractivity contribution in [1.29, 1.82) is 0 Å². The SMILES string of the molecule is COc1ccc2nc3cc(Cl)ccc3c(NC[C@@H]3CCCN4CCCC[C@H]34)c2c1. The van der Waals surface area contributed by atoms with E-state index in [1.807, 2.05) is 24.3 Å². The van der Waals surface area contributed by atoms with Crippen LogP contribution in [0.2, 0.25) is 5.02 Å². The first kappa shape index (κ1) is 19.0. The Bertz CT molecular complexity index is 1040. The minimum Gasteiger partial charge on any atom is -0.497 e. The number of ether oxygens (including phenoxy) is 1. The van der Waals surface area contributed by atoms with Gasteiger partial charge in [0, 0.05) is 28.4 Å². The lowest BCUT2D eigenvalue weighted by molar-refractivity contribution is 0.0649. The van der Waals surface area contributed by atoms with Gasteiger partial charge in [0.25, 0.3) is 0 Å². The fourth-order valence-corrected chi connectivity index (χ4v) is 5.43. The maximum Gasteiger partial charge on any atom is 0.119 e. The maximum atomic E-state index is 6.26. The Morgan fingerprint density at radius 1 is 1.03 bits per heavy atom. The van der Waals surface area contributed by atoms with E-state index in [1.165, 1.54) is 45.2 Å². The predicted molar refractivity (Wildman–Crippen MR) is 121 cm³/mol. The number of hydrogen-bond donors (Lipinski definition) is 1. The molecule has 0 radical (unpaired) electrons. The third kappa shape index (κ3) is 3.64. The molecule has 5 heteroatoms. The van der Waals surface area contributed by atoms with E-state index in [2.05, 4.69) is 22.3 Å². The molecule has 2 fully saturated rings. The molecule has 4 nitrogen and oxygen atoms in total. The van der Waals surface area contributed by atoms with Gasteiger partial charge in [0.15, 0.2) is 0 Å². The molecule has 2 saturated heterocycles. The summed E-state index contributed by atoms with van der Waals surface area (Å²) in [6.45, 7) is 3.55. The van der Waals surface area contributed by atoms with Crippen LogP contribution in [0.1, 0.15) is 32.1 Å². The topological polar surface area (TPSA) is 37.4 Å². The molecule has 5 rings (SSSR count). The molecule has 3 aromatic rings. The normalized spacial score (nSPS) is 22.6. The third-order valence-electron chi connectivity index (χ3n) is 6.71. The van der Waals surface area contributed by atoms with Crippen molar-refractivity contribution in [3.63, 3.8) is 0 Å². The average molecular weight is 410 g/mol. The maximum absolute atomic E-state index is 6.26. The summed E-state index contributed by atoms with van der Waals surface area (Å²) in [7, 11) is 1.71. The molecule has 0 saturated carbocycles. The number of hydrogen-bond acceptors (Lipinski definition) is 4. The summed E-state index contributed by atoms with van der Waals surface area (Å²) in [4.78, 5) is 7.57. The quantitative estimate of drug-likeness (QED) is 0.558.